The summed E-state index contributed by atoms with van der Waals surface area (Å²) in [5.41, 5.74) is 3.64. The van der Waals surface area contributed by atoms with Crippen molar-refractivity contribution in [1.29, 1.82) is 0 Å². The molecule has 2 aromatic carbocycles. The number of rotatable bonds is 1. The highest BCUT2D eigenvalue weighted by Crippen LogP contribution is 2.32. The summed E-state index contributed by atoms with van der Waals surface area (Å²) >= 11 is 18.6. The Bertz CT molecular complexity index is 840. The molecule has 0 saturated carbocycles. The highest BCUT2D eigenvalue weighted by molar-refractivity contribution is 6.41. The van der Waals surface area contributed by atoms with E-state index in [1.807, 2.05) is 38.1 Å². The SMILES string of the molecule is Cc1cc(Cl)cc(-c2nc(Cl)c3c(Cl)ccc(C)c3n2)c1. The molecular formula is C16H11Cl3N2. The lowest BCUT2D eigenvalue weighted by Gasteiger charge is -2.09. The Balaban J connectivity index is 2.32. The van der Waals surface area contributed by atoms with Crippen molar-refractivity contribution in [2.24, 2.45) is 0 Å². The minimum Gasteiger partial charge on any atom is -0.228 e. The van der Waals surface area contributed by atoms with Crippen LogP contribution in [0.2, 0.25) is 15.2 Å². The second kappa shape index (κ2) is 5.45. The molecule has 0 amide bonds. The van der Waals surface area contributed by atoms with E-state index in [1.54, 1.807) is 6.07 Å². The zero-order chi connectivity index (χ0) is 15.1. The first-order chi connectivity index (χ1) is 9.95. The summed E-state index contributed by atoms with van der Waals surface area (Å²) in [4.78, 5) is 8.98. The first-order valence-electron chi connectivity index (χ1n) is 6.35. The van der Waals surface area contributed by atoms with Crippen LogP contribution in [0, 0.1) is 13.8 Å². The van der Waals surface area contributed by atoms with Gasteiger partial charge in [0.05, 0.1) is 15.9 Å². The zero-order valence-corrected chi connectivity index (χ0v) is 13.7. The number of fused-ring (bicyclic) bond motifs is 1. The Morgan fingerprint density at radius 3 is 2.38 bits per heavy atom. The Hall–Kier alpha value is -1.35. The van der Waals surface area contributed by atoms with Crippen molar-refractivity contribution in [3.8, 4) is 11.4 Å². The van der Waals surface area contributed by atoms with Gasteiger partial charge in [-0.25, -0.2) is 9.97 Å². The summed E-state index contributed by atoms with van der Waals surface area (Å²) in [5, 5.41) is 2.23. The molecule has 1 heterocycles. The van der Waals surface area contributed by atoms with Crippen LogP contribution >= 0.6 is 34.8 Å². The van der Waals surface area contributed by atoms with Crippen LogP contribution in [-0.2, 0) is 0 Å². The predicted octanol–water partition coefficient (Wildman–Crippen LogP) is 5.87. The summed E-state index contributed by atoms with van der Waals surface area (Å²) in [6, 6.07) is 9.41. The fourth-order valence-electron chi connectivity index (χ4n) is 2.29. The molecule has 3 rings (SSSR count). The predicted molar refractivity (Wildman–Crippen MR) is 89.5 cm³/mol. The highest BCUT2D eigenvalue weighted by Gasteiger charge is 2.13. The molecule has 0 fully saturated rings. The van der Waals surface area contributed by atoms with Gasteiger partial charge >= 0.3 is 0 Å². The van der Waals surface area contributed by atoms with E-state index in [0.29, 0.717) is 26.4 Å². The van der Waals surface area contributed by atoms with Crippen LogP contribution in [0.3, 0.4) is 0 Å². The van der Waals surface area contributed by atoms with Crippen LogP contribution < -0.4 is 0 Å². The van der Waals surface area contributed by atoms with Gasteiger partial charge in [-0.3, -0.25) is 0 Å². The molecule has 0 unspecified atom stereocenters. The molecule has 0 aliphatic carbocycles. The average molecular weight is 338 g/mol. The third-order valence-electron chi connectivity index (χ3n) is 3.26. The van der Waals surface area contributed by atoms with Gasteiger partial charge in [-0.2, -0.15) is 0 Å². The van der Waals surface area contributed by atoms with Crippen molar-refractivity contribution in [2.45, 2.75) is 13.8 Å². The maximum Gasteiger partial charge on any atom is 0.161 e. The minimum absolute atomic E-state index is 0.348. The van der Waals surface area contributed by atoms with Gasteiger partial charge in [0.15, 0.2) is 5.82 Å². The maximum absolute atomic E-state index is 6.30. The first-order valence-corrected chi connectivity index (χ1v) is 7.49. The number of aryl methyl sites for hydroxylation is 2. The van der Waals surface area contributed by atoms with Crippen molar-refractivity contribution >= 4 is 45.7 Å². The van der Waals surface area contributed by atoms with Crippen LogP contribution in [-0.4, -0.2) is 9.97 Å². The van der Waals surface area contributed by atoms with Gasteiger partial charge in [-0.1, -0.05) is 40.9 Å². The molecule has 3 aromatic rings. The van der Waals surface area contributed by atoms with Crippen molar-refractivity contribution in [2.75, 3.05) is 0 Å². The van der Waals surface area contributed by atoms with E-state index in [-0.39, 0.29) is 0 Å². The Morgan fingerprint density at radius 2 is 1.67 bits per heavy atom. The molecule has 0 aliphatic heterocycles. The van der Waals surface area contributed by atoms with Crippen molar-refractivity contribution in [3.05, 3.63) is 56.7 Å². The molecule has 0 radical (unpaired) electrons. The first kappa shape index (κ1) is 14.6. The number of benzene rings is 2. The Labute approximate surface area is 137 Å². The number of hydrogen-bond donors (Lipinski definition) is 0. The van der Waals surface area contributed by atoms with Gasteiger partial charge in [-0.15, -0.1) is 0 Å². The summed E-state index contributed by atoms with van der Waals surface area (Å²) < 4.78 is 0. The lowest BCUT2D eigenvalue weighted by Crippen LogP contribution is -1.95. The van der Waals surface area contributed by atoms with Crippen LogP contribution in [0.1, 0.15) is 11.1 Å². The van der Waals surface area contributed by atoms with E-state index < -0.39 is 0 Å². The molecule has 0 saturated heterocycles. The zero-order valence-electron chi connectivity index (χ0n) is 11.4. The molecule has 0 N–H and O–H groups in total. The fraction of sp³-hybridized carbons (Fsp3) is 0.125. The topological polar surface area (TPSA) is 25.8 Å². The van der Waals surface area contributed by atoms with Crippen LogP contribution in [0.4, 0.5) is 0 Å². The average Bonchev–Trinajstić information content (AvgIpc) is 2.41. The molecular weight excluding hydrogens is 327 g/mol. The minimum atomic E-state index is 0.348. The van der Waals surface area contributed by atoms with E-state index >= 15 is 0 Å². The molecule has 5 heteroatoms. The molecule has 106 valence electrons. The molecule has 0 atom stereocenters. The summed E-state index contributed by atoms with van der Waals surface area (Å²) in [6.07, 6.45) is 0. The standard InChI is InChI=1S/C16H11Cl3N2/c1-8-5-10(7-11(17)6-8)16-20-14-9(2)3-4-12(18)13(14)15(19)21-16/h3-7H,1-2H3. The van der Waals surface area contributed by atoms with E-state index in [9.17, 15) is 0 Å². The smallest absolute Gasteiger partial charge is 0.161 e. The number of nitrogens with zero attached hydrogens (tertiary/aromatic N) is 2. The van der Waals surface area contributed by atoms with Gasteiger partial charge < -0.3 is 0 Å². The highest BCUT2D eigenvalue weighted by atomic mass is 35.5. The lowest BCUT2D eigenvalue weighted by molar-refractivity contribution is 1.21. The largest absolute Gasteiger partial charge is 0.228 e. The van der Waals surface area contributed by atoms with E-state index in [0.717, 1.165) is 22.2 Å². The van der Waals surface area contributed by atoms with Gasteiger partial charge in [0.25, 0.3) is 0 Å². The van der Waals surface area contributed by atoms with E-state index in [4.69, 9.17) is 34.8 Å². The lowest BCUT2D eigenvalue weighted by atomic mass is 10.1. The molecule has 1 aromatic heterocycles. The third-order valence-corrected chi connectivity index (χ3v) is 4.06. The van der Waals surface area contributed by atoms with E-state index in [1.165, 1.54) is 0 Å². The Morgan fingerprint density at radius 1 is 0.905 bits per heavy atom. The van der Waals surface area contributed by atoms with E-state index in [2.05, 4.69) is 9.97 Å². The van der Waals surface area contributed by atoms with Crippen LogP contribution in [0.5, 0.6) is 0 Å². The third kappa shape index (κ3) is 2.71. The van der Waals surface area contributed by atoms with Gasteiger partial charge in [0.2, 0.25) is 0 Å². The summed E-state index contributed by atoms with van der Waals surface area (Å²) in [6.45, 7) is 3.94. The molecule has 0 aliphatic rings. The van der Waals surface area contributed by atoms with Crippen LogP contribution in [0.25, 0.3) is 22.3 Å². The quantitative estimate of drug-likeness (QED) is 0.519. The van der Waals surface area contributed by atoms with Gasteiger partial charge in [0, 0.05) is 10.6 Å². The molecule has 0 spiro atoms. The van der Waals surface area contributed by atoms with Crippen molar-refractivity contribution in [3.63, 3.8) is 0 Å². The van der Waals surface area contributed by atoms with Gasteiger partial charge in [0.1, 0.15) is 5.15 Å². The second-order valence-corrected chi connectivity index (χ2v) is 6.14. The fourth-order valence-corrected chi connectivity index (χ4v) is 3.14. The van der Waals surface area contributed by atoms with Crippen molar-refractivity contribution in [1.82, 2.24) is 9.97 Å². The van der Waals surface area contributed by atoms with Crippen molar-refractivity contribution < 1.29 is 0 Å². The second-order valence-electron chi connectivity index (χ2n) is 4.94. The molecule has 2 nitrogen and oxygen atoms in total. The number of aromatic nitrogens is 2. The maximum atomic E-state index is 6.30. The number of hydrogen-bond acceptors (Lipinski definition) is 2. The summed E-state index contributed by atoms with van der Waals surface area (Å²) in [7, 11) is 0. The number of halogens is 3. The summed E-state index contributed by atoms with van der Waals surface area (Å²) in [5.74, 6) is 0.545. The normalized spacial score (nSPS) is 11.1. The van der Waals surface area contributed by atoms with Gasteiger partial charge in [-0.05, 0) is 49.2 Å². The monoisotopic (exact) mass is 336 g/mol. The molecule has 21 heavy (non-hydrogen) atoms. The Kier molecular flexibility index (Phi) is 3.78. The molecule has 0 bridgehead atoms. The van der Waals surface area contributed by atoms with Crippen LogP contribution in [0.15, 0.2) is 30.3 Å².